The van der Waals surface area contributed by atoms with Gasteiger partial charge in [0.2, 0.25) is 0 Å². The average molecular weight is 268 g/mol. The lowest BCUT2D eigenvalue weighted by Crippen LogP contribution is -2.38. The van der Waals surface area contributed by atoms with E-state index in [-0.39, 0.29) is 6.61 Å². The maximum absolute atomic E-state index is 13.0. The van der Waals surface area contributed by atoms with E-state index < -0.39 is 12.3 Å². The first kappa shape index (κ1) is 13.7. The van der Waals surface area contributed by atoms with Crippen LogP contribution in [0.1, 0.15) is 12.1 Å². The van der Waals surface area contributed by atoms with Gasteiger partial charge in [-0.1, -0.05) is 0 Å². The van der Waals surface area contributed by atoms with E-state index in [1.807, 2.05) is 12.1 Å². The van der Waals surface area contributed by atoms with E-state index in [9.17, 15) is 9.50 Å². The fraction of sp³-hybridized carbons (Fsp3) is 0.500. The lowest BCUT2D eigenvalue weighted by atomic mass is 9.99. The van der Waals surface area contributed by atoms with Crippen LogP contribution in [0.5, 0.6) is 0 Å². The van der Waals surface area contributed by atoms with Crippen LogP contribution in [0.2, 0.25) is 0 Å². The Morgan fingerprint density at radius 2 is 2.32 bits per heavy atom. The summed E-state index contributed by atoms with van der Waals surface area (Å²) in [4.78, 5) is 3.90. The molecule has 0 aliphatic carbocycles. The molecule has 3 N–H and O–H groups in total. The quantitative estimate of drug-likeness (QED) is 0.801. The highest BCUT2D eigenvalue weighted by atomic mass is 19.1. The molecule has 0 radical (unpaired) electrons. The molecule has 2 aromatic rings. The Kier molecular flexibility index (Phi) is 3.96. The standard InChI is InChI=1S/C12H17FN4O2/c1-19-12(6-13,7-18)5-4-9-2-3-10-11(14)15-8-16-17(9)10/h2-3,8,18H,4-7H2,1H3,(H2,14,15,16)/t12-/m1/s1. The van der Waals surface area contributed by atoms with Crippen molar-refractivity contribution in [1.29, 1.82) is 0 Å². The minimum absolute atomic E-state index is 0.354. The van der Waals surface area contributed by atoms with Gasteiger partial charge < -0.3 is 15.6 Å². The largest absolute Gasteiger partial charge is 0.393 e. The SMILES string of the molecule is CO[C@@](CO)(CF)CCc1ccc2c(N)ncnn12. The molecule has 0 saturated carbocycles. The molecular weight excluding hydrogens is 251 g/mol. The number of aliphatic hydroxyl groups is 1. The first-order valence-corrected chi connectivity index (χ1v) is 5.95. The lowest BCUT2D eigenvalue weighted by Gasteiger charge is -2.26. The second-order valence-electron chi connectivity index (χ2n) is 4.45. The summed E-state index contributed by atoms with van der Waals surface area (Å²) in [5, 5.41) is 13.4. The summed E-state index contributed by atoms with van der Waals surface area (Å²) in [5.74, 6) is 0.395. The van der Waals surface area contributed by atoms with Crippen molar-refractivity contribution in [2.45, 2.75) is 18.4 Å². The third kappa shape index (κ3) is 2.52. The number of alkyl halides is 1. The van der Waals surface area contributed by atoms with Crippen LogP contribution in [0.4, 0.5) is 10.2 Å². The molecule has 0 unspecified atom stereocenters. The Balaban J connectivity index is 2.20. The number of ether oxygens (including phenoxy) is 1. The molecule has 2 aromatic heterocycles. The monoisotopic (exact) mass is 268 g/mol. The first-order chi connectivity index (χ1) is 9.15. The highest BCUT2D eigenvalue weighted by molar-refractivity contribution is 5.65. The van der Waals surface area contributed by atoms with Crippen molar-refractivity contribution >= 4 is 11.3 Å². The second-order valence-corrected chi connectivity index (χ2v) is 4.45. The van der Waals surface area contributed by atoms with Gasteiger partial charge in [-0.25, -0.2) is 13.9 Å². The molecule has 1 atom stereocenters. The van der Waals surface area contributed by atoms with E-state index in [2.05, 4.69) is 10.1 Å². The van der Waals surface area contributed by atoms with Gasteiger partial charge in [-0.15, -0.1) is 0 Å². The molecule has 7 heteroatoms. The van der Waals surface area contributed by atoms with Gasteiger partial charge in [-0.3, -0.25) is 0 Å². The van der Waals surface area contributed by atoms with Crippen LogP contribution < -0.4 is 5.73 Å². The maximum atomic E-state index is 13.0. The van der Waals surface area contributed by atoms with Gasteiger partial charge in [-0.2, -0.15) is 5.10 Å². The third-order valence-corrected chi connectivity index (χ3v) is 3.36. The van der Waals surface area contributed by atoms with Gasteiger partial charge in [-0.05, 0) is 25.0 Å². The number of rotatable bonds is 6. The summed E-state index contributed by atoms with van der Waals surface area (Å²) in [6.45, 7) is -1.10. The molecule has 0 aliphatic rings. The van der Waals surface area contributed by atoms with Crippen molar-refractivity contribution in [1.82, 2.24) is 14.6 Å². The summed E-state index contributed by atoms with van der Waals surface area (Å²) in [6, 6.07) is 3.67. The van der Waals surface area contributed by atoms with Crippen molar-refractivity contribution in [2.75, 3.05) is 26.1 Å². The summed E-state index contributed by atoms with van der Waals surface area (Å²) in [5.41, 5.74) is 6.16. The fourth-order valence-electron chi connectivity index (χ4n) is 1.96. The topological polar surface area (TPSA) is 85.7 Å². The number of methoxy groups -OCH3 is 1. The normalized spacial score (nSPS) is 14.7. The second kappa shape index (κ2) is 5.50. The molecule has 0 aliphatic heterocycles. The number of hydrogen-bond donors (Lipinski definition) is 2. The van der Waals surface area contributed by atoms with Crippen LogP contribution in [0.15, 0.2) is 18.5 Å². The predicted octanol–water partition coefficient (Wildman–Crippen LogP) is 0.591. The van der Waals surface area contributed by atoms with Crippen molar-refractivity contribution in [3.05, 3.63) is 24.2 Å². The van der Waals surface area contributed by atoms with Crippen LogP contribution >= 0.6 is 0 Å². The number of nitrogens with two attached hydrogens (primary N) is 1. The average Bonchev–Trinajstić information content (AvgIpc) is 2.86. The molecule has 19 heavy (non-hydrogen) atoms. The molecule has 0 amide bonds. The smallest absolute Gasteiger partial charge is 0.151 e. The lowest BCUT2D eigenvalue weighted by molar-refractivity contribution is -0.0719. The predicted molar refractivity (Wildman–Crippen MR) is 68.5 cm³/mol. The fourth-order valence-corrected chi connectivity index (χ4v) is 1.96. The van der Waals surface area contributed by atoms with Gasteiger partial charge in [0.1, 0.15) is 24.1 Å². The number of nitrogen functional groups attached to an aromatic ring is 1. The zero-order valence-electron chi connectivity index (χ0n) is 10.7. The van der Waals surface area contributed by atoms with Gasteiger partial charge in [0.25, 0.3) is 0 Å². The van der Waals surface area contributed by atoms with Crippen molar-refractivity contribution in [2.24, 2.45) is 0 Å². The van der Waals surface area contributed by atoms with Gasteiger partial charge in [0.15, 0.2) is 5.82 Å². The maximum Gasteiger partial charge on any atom is 0.151 e. The van der Waals surface area contributed by atoms with Crippen molar-refractivity contribution in [3.8, 4) is 0 Å². The Labute approximate surface area is 110 Å². The van der Waals surface area contributed by atoms with Crippen LogP contribution in [0.3, 0.4) is 0 Å². The summed E-state index contributed by atoms with van der Waals surface area (Å²) in [7, 11) is 1.40. The van der Waals surface area contributed by atoms with Gasteiger partial charge in [0, 0.05) is 12.8 Å². The molecule has 0 fully saturated rings. The van der Waals surface area contributed by atoms with Gasteiger partial charge in [0.05, 0.1) is 6.61 Å². The number of anilines is 1. The summed E-state index contributed by atoms with van der Waals surface area (Å²) < 4.78 is 19.7. The van der Waals surface area contributed by atoms with Crippen LogP contribution in [0.25, 0.3) is 5.52 Å². The molecular formula is C12H17FN4O2. The number of aryl methyl sites for hydroxylation is 1. The zero-order valence-corrected chi connectivity index (χ0v) is 10.7. The van der Waals surface area contributed by atoms with E-state index in [1.165, 1.54) is 13.4 Å². The Morgan fingerprint density at radius 3 is 2.95 bits per heavy atom. The van der Waals surface area contributed by atoms with E-state index >= 15 is 0 Å². The number of nitrogens with zero attached hydrogens (tertiary/aromatic N) is 3. The van der Waals surface area contributed by atoms with E-state index in [0.29, 0.717) is 24.2 Å². The number of aromatic nitrogens is 3. The Morgan fingerprint density at radius 1 is 1.53 bits per heavy atom. The minimum atomic E-state index is -1.15. The number of halogens is 1. The molecule has 0 saturated heterocycles. The molecule has 104 valence electrons. The molecule has 2 rings (SSSR count). The van der Waals surface area contributed by atoms with Crippen LogP contribution in [0, 0.1) is 0 Å². The van der Waals surface area contributed by atoms with Gasteiger partial charge >= 0.3 is 0 Å². The molecule has 2 heterocycles. The Bertz CT molecular complexity index is 545. The molecule has 6 nitrogen and oxygen atoms in total. The molecule has 0 spiro atoms. The van der Waals surface area contributed by atoms with Crippen LogP contribution in [-0.4, -0.2) is 45.7 Å². The highest BCUT2D eigenvalue weighted by Crippen LogP contribution is 2.21. The Hall–Kier alpha value is -1.73. The number of fused-ring (bicyclic) bond motifs is 1. The van der Waals surface area contributed by atoms with E-state index in [1.54, 1.807) is 4.52 Å². The van der Waals surface area contributed by atoms with Crippen molar-refractivity contribution < 1.29 is 14.2 Å². The highest BCUT2D eigenvalue weighted by Gasteiger charge is 2.29. The molecule has 0 aromatic carbocycles. The summed E-state index contributed by atoms with van der Waals surface area (Å²) >= 11 is 0. The van der Waals surface area contributed by atoms with E-state index in [4.69, 9.17) is 10.5 Å². The third-order valence-electron chi connectivity index (χ3n) is 3.36. The first-order valence-electron chi connectivity index (χ1n) is 5.95. The van der Waals surface area contributed by atoms with Crippen molar-refractivity contribution in [3.63, 3.8) is 0 Å². The van der Waals surface area contributed by atoms with Crippen LogP contribution in [-0.2, 0) is 11.2 Å². The minimum Gasteiger partial charge on any atom is -0.393 e. The molecule has 0 bridgehead atoms. The number of hydrogen-bond acceptors (Lipinski definition) is 5. The zero-order chi connectivity index (χ0) is 13.9. The van der Waals surface area contributed by atoms with E-state index in [0.717, 1.165) is 5.69 Å². The summed E-state index contributed by atoms with van der Waals surface area (Å²) in [6.07, 6.45) is 2.24. The number of aliphatic hydroxyl groups excluding tert-OH is 1.